The van der Waals surface area contributed by atoms with Crippen molar-refractivity contribution in [3.05, 3.63) is 122 Å². The average molecular weight is 1390 g/mol. The number of aliphatic hydroxyl groups excluding tert-OH is 1. The second kappa shape index (κ2) is 69.0. The summed E-state index contributed by atoms with van der Waals surface area (Å²) in [6.45, 7) is 4.47. The van der Waals surface area contributed by atoms with E-state index >= 15 is 0 Å². The van der Waals surface area contributed by atoms with Crippen LogP contribution in [0.2, 0.25) is 0 Å². The number of unbranched alkanes of at least 4 members (excludes halogenated alkanes) is 22. The third kappa shape index (κ3) is 68.0. The molecule has 0 bridgehead atoms. The molecule has 96 heavy (non-hydrogen) atoms. The minimum absolute atomic E-state index is 0.0357. The lowest BCUT2D eigenvalue weighted by Gasteiger charge is -2.21. The molecule has 17 nitrogen and oxygen atoms in total. The number of hydrogen-bond donors (Lipinski definition) is 3. The Labute approximate surface area is 581 Å². The highest BCUT2D eigenvalue weighted by Gasteiger charge is 2.30. The summed E-state index contributed by atoms with van der Waals surface area (Å²) in [6, 6.07) is 0. The Hall–Kier alpha value is -4.54. The van der Waals surface area contributed by atoms with Crippen molar-refractivity contribution >= 4 is 39.5 Å². The van der Waals surface area contributed by atoms with Crippen LogP contribution in [0.1, 0.15) is 285 Å². The number of aliphatic hydroxyl groups is 1. The van der Waals surface area contributed by atoms with Crippen molar-refractivity contribution in [3.63, 3.8) is 0 Å². The second-order valence-corrected chi connectivity index (χ2v) is 27.0. The van der Waals surface area contributed by atoms with E-state index in [4.69, 9.17) is 37.0 Å². The topological polar surface area (TPSA) is 237 Å². The summed E-state index contributed by atoms with van der Waals surface area (Å²) in [5.74, 6) is -2.30. The maximum absolute atomic E-state index is 13.0. The molecule has 0 saturated carbocycles. The van der Waals surface area contributed by atoms with Gasteiger partial charge in [-0.05, 0) is 116 Å². The van der Waals surface area contributed by atoms with E-state index in [1.165, 1.54) is 51.4 Å². The Bertz CT molecular complexity index is 2300. The molecule has 0 aromatic carbocycles. The van der Waals surface area contributed by atoms with Crippen LogP contribution in [0.3, 0.4) is 0 Å². The predicted octanol–water partition coefficient (Wildman–Crippen LogP) is 20.8. The molecule has 0 rings (SSSR count). The molecular weight excluding hydrogens is 1260 g/mol. The molecule has 19 heteroatoms. The van der Waals surface area contributed by atoms with Gasteiger partial charge in [-0.3, -0.25) is 37.3 Å². The van der Waals surface area contributed by atoms with E-state index in [2.05, 4.69) is 131 Å². The molecule has 0 amide bonds. The van der Waals surface area contributed by atoms with Crippen LogP contribution in [-0.2, 0) is 65.4 Å². The lowest BCUT2D eigenvalue weighted by molar-refractivity contribution is -0.161. The van der Waals surface area contributed by atoms with Crippen LogP contribution in [0.25, 0.3) is 0 Å². The summed E-state index contributed by atoms with van der Waals surface area (Å²) in [6.07, 6.45) is 73.7. The van der Waals surface area contributed by atoms with Crippen molar-refractivity contribution in [1.29, 1.82) is 0 Å². The molecule has 0 fully saturated rings. The summed E-state index contributed by atoms with van der Waals surface area (Å²) < 4.78 is 68.2. The fourth-order valence-electron chi connectivity index (χ4n) is 9.36. The van der Waals surface area contributed by atoms with E-state index in [0.29, 0.717) is 32.1 Å². The first-order valence-corrected chi connectivity index (χ1v) is 39.8. The van der Waals surface area contributed by atoms with Crippen LogP contribution >= 0.6 is 15.6 Å². The van der Waals surface area contributed by atoms with E-state index in [-0.39, 0.29) is 25.7 Å². The molecule has 0 radical (unpaired) electrons. The summed E-state index contributed by atoms with van der Waals surface area (Å²) in [4.78, 5) is 72.6. The number of esters is 4. The van der Waals surface area contributed by atoms with Gasteiger partial charge in [0.25, 0.3) is 0 Å². The summed E-state index contributed by atoms with van der Waals surface area (Å²) in [5, 5.41) is 10.6. The molecule has 0 spiro atoms. The first-order valence-electron chi connectivity index (χ1n) is 36.8. The summed E-state index contributed by atoms with van der Waals surface area (Å²) >= 11 is 0. The molecule has 0 aliphatic carbocycles. The quantitative estimate of drug-likeness (QED) is 0.0169. The smallest absolute Gasteiger partial charge is 0.462 e. The van der Waals surface area contributed by atoms with Gasteiger partial charge in [0.15, 0.2) is 12.2 Å². The minimum Gasteiger partial charge on any atom is -0.462 e. The Balaban J connectivity index is 5.36. The van der Waals surface area contributed by atoms with Gasteiger partial charge in [0.2, 0.25) is 0 Å². The number of phosphoric ester groups is 2. The van der Waals surface area contributed by atoms with Gasteiger partial charge >= 0.3 is 39.5 Å². The largest absolute Gasteiger partial charge is 0.472 e. The molecule has 0 aliphatic heterocycles. The monoisotopic (exact) mass is 1390 g/mol. The van der Waals surface area contributed by atoms with Gasteiger partial charge in [0, 0.05) is 25.7 Å². The Morgan fingerprint density at radius 2 is 0.573 bits per heavy atom. The number of carbonyl (C=O) groups is 4. The van der Waals surface area contributed by atoms with Gasteiger partial charge in [-0.15, -0.1) is 0 Å². The van der Waals surface area contributed by atoms with Crippen molar-refractivity contribution in [2.24, 2.45) is 0 Å². The molecule has 0 aromatic heterocycles. The average Bonchev–Trinajstić information content (AvgIpc) is 1.15. The lowest BCUT2D eigenvalue weighted by Crippen LogP contribution is -2.30. The highest BCUT2D eigenvalue weighted by atomic mass is 31.2. The molecule has 3 N–H and O–H groups in total. The molecule has 0 aliphatic rings. The minimum atomic E-state index is -4.99. The van der Waals surface area contributed by atoms with Crippen LogP contribution < -0.4 is 0 Å². The third-order valence-electron chi connectivity index (χ3n) is 14.9. The fraction of sp³-hybridized carbons (Fsp3) is 0.688. The lowest BCUT2D eigenvalue weighted by atomic mass is 10.1. The first kappa shape index (κ1) is 91.5. The number of allylic oxidation sites excluding steroid dienone is 20. The summed E-state index contributed by atoms with van der Waals surface area (Å²) in [7, 11) is -9.97. The van der Waals surface area contributed by atoms with Gasteiger partial charge < -0.3 is 33.8 Å². The van der Waals surface area contributed by atoms with Gasteiger partial charge in [0.1, 0.15) is 19.3 Å². The van der Waals surface area contributed by atoms with Crippen molar-refractivity contribution in [3.8, 4) is 0 Å². The van der Waals surface area contributed by atoms with Crippen molar-refractivity contribution in [2.75, 3.05) is 39.6 Å². The van der Waals surface area contributed by atoms with Crippen LogP contribution in [0.5, 0.6) is 0 Å². The number of phosphoric acid groups is 2. The number of ether oxygens (including phenoxy) is 4. The van der Waals surface area contributed by atoms with E-state index in [9.17, 15) is 43.2 Å². The van der Waals surface area contributed by atoms with Crippen molar-refractivity contribution < 1.29 is 80.2 Å². The highest BCUT2D eigenvalue weighted by molar-refractivity contribution is 7.47. The van der Waals surface area contributed by atoms with Crippen LogP contribution in [0.15, 0.2) is 122 Å². The highest BCUT2D eigenvalue weighted by Crippen LogP contribution is 2.45. The van der Waals surface area contributed by atoms with Crippen molar-refractivity contribution in [2.45, 2.75) is 303 Å². The van der Waals surface area contributed by atoms with Crippen LogP contribution in [0, 0.1) is 0 Å². The Morgan fingerprint density at radius 3 is 0.938 bits per heavy atom. The maximum atomic E-state index is 13.0. The Morgan fingerprint density at radius 1 is 0.302 bits per heavy atom. The second-order valence-electron chi connectivity index (χ2n) is 24.1. The zero-order valence-electron chi connectivity index (χ0n) is 59.8. The molecule has 5 unspecified atom stereocenters. The molecule has 550 valence electrons. The normalized spacial score (nSPS) is 14.7. The number of hydrogen-bond acceptors (Lipinski definition) is 15. The van der Waals surface area contributed by atoms with Gasteiger partial charge in [0.05, 0.1) is 26.4 Å². The third-order valence-corrected chi connectivity index (χ3v) is 16.8. The van der Waals surface area contributed by atoms with E-state index in [0.717, 1.165) is 148 Å². The zero-order chi connectivity index (χ0) is 70.4. The van der Waals surface area contributed by atoms with Crippen LogP contribution in [0.4, 0.5) is 0 Å². The standard InChI is InChI=1S/C77H130O17P2/c1-5-9-13-17-21-25-29-31-33-34-35-36-38-40-44-46-50-54-58-62-75(80)88-68-73(94-77(82)64-60-56-52-48-42-28-24-20-16-12-8-4)70-92-96(85,86)90-66-71(78)65-89-95(83,84)91-69-72(93-76(81)63-59-55-51-47-41-27-23-19-15-11-7-3)67-87-74(79)61-57-53-49-45-43-39-37-32-30-26-22-18-14-10-6-2/h9-10,13-14,19,21-23,25-26,31-33,35-37,40,44,50,54,71-73,78H,5-8,11-12,15-18,20,24,27-30,34,38-39,41-43,45-49,51-53,55-70H2,1-4H3,(H,83,84)(H,85,86)/b13-9-,14-10-,23-19-,25-21-,26-22-,33-31-,36-35-,37-32-,44-40-,54-50-. The van der Waals surface area contributed by atoms with E-state index in [1.807, 2.05) is 18.2 Å². The summed E-state index contributed by atoms with van der Waals surface area (Å²) in [5.41, 5.74) is 0. The molecule has 5 atom stereocenters. The number of rotatable bonds is 68. The van der Waals surface area contributed by atoms with Crippen LogP contribution in [-0.4, -0.2) is 96.7 Å². The maximum Gasteiger partial charge on any atom is 0.472 e. The SMILES string of the molecule is CC/C=C\C/C=C\C/C=C\C/C=C\C/C=C\C/C=C\CCC(=O)OCC(COP(=O)(O)OCC(O)COP(=O)(O)OCC(COC(=O)CCCCCCC/C=C\C/C=C\C/C=C\CC)OC(=O)CCCCCCC/C=C\CCCC)OC(=O)CCCCCCCCCCCCC. The predicted molar refractivity (Wildman–Crippen MR) is 390 cm³/mol. The van der Waals surface area contributed by atoms with E-state index < -0.39 is 97.5 Å². The number of carbonyl (C=O) groups excluding carboxylic acids is 4. The van der Waals surface area contributed by atoms with Crippen molar-refractivity contribution in [1.82, 2.24) is 0 Å². The molecule has 0 heterocycles. The van der Waals surface area contributed by atoms with Gasteiger partial charge in [-0.2, -0.15) is 0 Å². The molecule has 0 saturated heterocycles. The molecule has 0 aromatic rings. The van der Waals surface area contributed by atoms with Gasteiger partial charge in [-0.1, -0.05) is 265 Å². The fourth-order valence-corrected chi connectivity index (χ4v) is 10.9. The first-order chi connectivity index (χ1) is 46.7. The van der Waals surface area contributed by atoms with E-state index in [1.54, 1.807) is 0 Å². The zero-order valence-corrected chi connectivity index (χ0v) is 61.5. The molecular formula is C77H130O17P2. The van der Waals surface area contributed by atoms with Gasteiger partial charge in [-0.25, -0.2) is 9.13 Å². The Kier molecular flexibility index (Phi) is 65.7.